The molecular weight excluding hydrogens is 334 g/mol. The van der Waals surface area contributed by atoms with Gasteiger partial charge in [0.25, 0.3) is 10.0 Å². The van der Waals surface area contributed by atoms with E-state index < -0.39 is 10.0 Å². The molecule has 0 atom stereocenters. The SMILES string of the molecule is O=C1CCc2cc(NS(=O)(=O)c3cnc(Cl)s3)ccc2N1. The van der Waals surface area contributed by atoms with E-state index in [0.717, 1.165) is 22.6 Å². The van der Waals surface area contributed by atoms with Gasteiger partial charge in [-0.2, -0.15) is 0 Å². The summed E-state index contributed by atoms with van der Waals surface area (Å²) in [6.07, 6.45) is 2.20. The van der Waals surface area contributed by atoms with E-state index in [4.69, 9.17) is 11.6 Å². The fourth-order valence-electron chi connectivity index (χ4n) is 2.02. The van der Waals surface area contributed by atoms with Gasteiger partial charge >= 0.3 is 0 Å². The number of rotatable bonds is 3. The number of nitrogens with one attached hydrogen (secondary N) is 2. The fraction of sp³-hybridized carbons (Fsp3) is 0.167. The van der Waals surface area contributed by atoms with E-state index in [1.54, 1.807) is 18.2 Å². The van der Waals surface area contributed by atoms with E-state index in [0.29, 0.717) is 18.5 Å². The third kappa shape index (κ3) is 3.02. The normalized spacial score (nSPS) is 14.4. The standard InChI is InChI=1S/C12H10ClN3O3S2/c13-12-14-6-11(20-12)21(18,19)16-8-2-3-9-7(5-8)1-4-10(17)15-9/h2-3,5-6,16H,1,4H2,(H,15,17). The monoisotopic (exact) mass is 343 g/mol. The quantitative estimate of drug-likeness (QED) is 0.896. The molecule has 1 amide bonds. The number of hydrogen-bond acceptors (Lipinski definition) is 5. The summed E-state index contributed by atoms with van der Waals surface area (Å²) in [5.41, 5.74) is 2.06. The molecule has 0 fully saturated rings. The van der Waals surface area contributed by atoms with Crippen LogP contribution in [0.5, 0.6) is 0 Å². The molecular formula is C12H10ClN3O3S2. The maximum atomic E-state index is 12.2. The van der Waals surface area contributed by atoms with Crippen LogP contribution in [-0.4, -0.2) is 19.3 Å². The number of benzene rings is 1. The second-order valence-electron chi connectivity index (χ2n) is 4.46. The first-order chi connectivity index (χ1) is 9.94. The minimum atomic E-state index is -3.70. The topological polar surface area (TPSA) is 88.2 Å². The number of sulfonamides is 1. The number of aromatic nitrogens is 1. The van der Waals surface area contributed by atoms with Gasteiger partial charge in [-0.25, -0.2) is 13.4 Å². The maximum Gasteiger partial charge on any atom is 0.273 e. The van der Waals surface area contributed by atoms with Crippen LogP contribution in [0.15, 0.2) is 28.6 Å². The highest BCUT2D eigenvalue weighted by Crippen LogP contribution is 2.28. The maximum absolute atomic E-state index is 12.2. The van der Waals surface area contributed by atoms with Crippen LogP contribution in [0.1, 0.15) is 12.0 Å². The molecule has 2 N–H and O–H groups in total. The number of hydrogen-bond donors (Lipinski definition) is 2. The molecule has 1 aliphatic heterocycles. The summed E-state index contributed by atoms with van der Waals surface area (Å²) in [5.74, 6) is -0.0323. The van der Waals surface area contributed by atoms with Gasteiger partial charge in [-0.1, -0.05) is 22.9 Å². The van der Waals surface area contributed by atoms with Crippen LogP contribution in [0, 0.1) is 0 Å². The zero-order valence-corrected chi connectivity index (χ0v) is 13.0. The Labute approximate surface area is 130 Å². The molecule has 1 aromatic carbocycles. The summed E-state index contributed by atoms with van der Waals surface area (Å²) in [6, 6.07) is 5.00. The summed E-state index contributed by atoms with van der Waals surface area (Å²) in [4.78, 5) is 15.0. The Kier molecular flexibility index (Phi) is 3.60. The minimum Gasteiger partial charge on any atom is -0.326 e. The molecule has 9 heteroatoms. The van der Waals surface area contributed by atoms with Gasteiger partial charge in [0.15, 0.2) is 8.68 Å². The van der Waals surface area contributed by atoms with Crippen molar-refractivity contribution >= 4 is 50.2 Å². The Balaban J connectivity index is 1.87. The molecule has 3 rings (SSSR count). The number of nitrogens with zero attached hydrogens (tertiary/aromatic N) is 1. The van der Waals surface area contributed by atoms with Crippen LogP contribution < -0.4 is 10.0 Å². The van der Waals surface area contributed by atoms with Gasteiger partial charge in [-0.05, 0) is 30.2 Å². The smallest absolute Gasteiger partial charge is 0.273 e. The van der Waals surface area contributed by atoms with Gasteiger partial charge in [0, 0.05) is 17.8 Å². The van der Waals surface area contributed by atoms with Crippen LogP contribution in [0.4, 0.5) is 11.4 Å². The van der Waals surface area contributed by atoms with Gasteiger partial charge in [0.1, 0.15) is 0 Å². The highest BCUT2D eigenvalue weighted by molar-refractivity contribution is 7.94. The molecule has 0 unspecified atom stereocenters. The number of thiazole rings is 1. The van der Waals surface area contributed by atoms with Crippen LogP contribution in [-0.2, 0) is 21.2 Å². The molecule has 2 heterocycles. The summed E-state index contributed by atoms with van der Waals surface area (Å²) in [7, 11) is -3.70. The lowest BCUT2D eigenvalue weighted by atomic mass is 10.0. The molecule has 1 aliphatic rings. The van der Waals surface area contributed by atoms with Crippen molar-refractivity contribution in [2.24, 2.45) is 0 Å². The number of fused-ring (bicyclic) bond motifs is 1. The molecule has 0 spiro atoms. The van der Waals surface area contributed by atoms with Crippen LogP contribution >= 0.6 is 22.9 Å². The van der Waals surface area contributed by atoms with Gasteiger partial charge in [-0.15, -0.1) is 0 Å². The third-order valence-corrected chi connectivity index (χ3v) is 5.93. The predicted octanol–water partition coefficient (Wildman–Crippen LogP) is 2.48. The largest absolute Gasteiger partial charge is 0.326 e. The highest BCUT2D eigenvalue weighted by Gasteiger charge is 2.20. The Bertz CT molecular complexity index is 817. The van der Waals surface area contributed by atoms with Crippen molar-refractivity contribution in [1.82, 2.24) is 4.98 Å². The highest BCUT2D eigenvalue weighted by atomic mass is 35.5. The van der Waals surface area contributed by atoms with E-state index in [-0.39, 0.29) is 14.6 Å². The first-order valence-corrected chi connectivity index (χ1v) is 8.69. The van der Waals surface area contributed by atoms with Crippen molar-refractivity contribution in [3.63, 3.8) is 0 Å². The average Bonchev–Trinajstić information content (AvgIpc) is 2.86. The fourth-order valence-corrected chi connectivity index (χ4v) is 4.36. The predicted molar refractivity (Wildman–Crippen MR) is 81.3 cm³/mol. The molecule has 0 bridgehead atoms. The molecule has 21 heavy (non-hydrogen) atoms. The molecule has 1 aromatic heterocycles. The Hall–Kier alpha value is -1.64. The molecule has 0 radical (unpaired) electrons. The van der Waals surface area contributed by atoms with Gasteiger partial charge in [0.2, 0.25) is 5.91 Å². The molecule has 2 aromatic rings. The van der Waals surface area contributed by atoms with Crippen molar-refractivity contribution in [3.8, 4) is 0 Å². The van der Waals surface area contributed by atoms with Gasteiger partial charge in [-0.3, -0.25) is 9.52 Å². The lowest BCUT2D eigenvalue weighted by molar-refractivity contribution is -0.116. The molecule has 0 aliphatic carbocycles. The molecule has 0 saturated carbocycles. The zero-order valence-electron chi connectivity index (χ0n) is 10.6. The van der Waals surface area contributed by atoms with E-state index >= 15 is 0 Å². The van der Waals surface area contributed by atoms with E-state index in [1.165, 1.54) is 6.20 Å². The first-order valence-electron chi connectivity index (χ1n) is 6.01. The lowest BCUT2D eigenvalue weighted by Gasteiger charge is -2.17. The summed E-state index contributed by atoms with van der Waals surface area (Å²) in [6.45, 7) is 0. The molecule has 6 nitrogen and oxygen atoms in total. The number of carbonyl (C=O) groups is 1. The second kappa shape index (κ2) is 5.28. The Morgan fingerprint density at radius 2 is 2.14 bits per heavy atom. The Morgan fingerprint density at radius 1 is 1.33 bits per heavy atom. The van der Waals surface area contributed by atoms with Gasteiger partial charge in [0.05, 0.1) is 6.20 Å². The van der Waals surface area contributed by atoms with Crippen molar-refractivity contribution in [1.29, 1.82) is 0 Å². The van der Waals surface area contributed by atoms with Crippen LogP contribution in [0.2, 0.25) is 4.47 Å². The van der Waals surface area contributed by atoms with Crippen LogP contribution in [0.25, 0.3) is 0 Å². The van der Waals surface area contributed by atoms with Crippen molar-refractivity contribution in [2.45, 2.75) is 17.1 Å². The number of halogens is 1. The van der Waals surface area contributed by atoms with Gasteiger partial charge < -0.3 is 5.32 Å². The van der Waals surface area contributed by atoms with E-state index in [2.05, 4.69) is 15.0 Å². The number of anilines is 2. The van der Waals surface area contributed by atoms with E-state index in [1.807, 2.05) is 0 Å². The molecule has 0 saturated heterocycles. The van der Waals surface area contributed by atoms with Crippen molar-refractivity contribution in [2.75, 3.05) is 10.0 Å². The van der Waals surface area contributed by atoms with E-state index in [9.17, 15) is 13.2 Å². The third-order valence-electron chi connectivity index (χ3n) is 2.97. The summed E-state index contributed by atoms with van der Waals surface area (Å²) in [5, 5.41) is 2.74. The molecule has 110 valence electrons. The number of aryl methyl sites for hydroxylation is 1. The minimum absolute atomic E-state index is 0.0323. The first kappa shape index (κ1) is 14.3. The number of carbonyl (C=O) groups excluding carboxylic acids is 1. The second-order valence-corrected chi connectivity index (χ2v) is 7.98. The Morgan fingerprint density at radius 3 is 2.86 bits per heavy atom. The number of amides is 1. The average molecular weight is 344 g/mol. The zero-order chi connectivity index (χ0) is 15.0. The summed E-state index contributed by atoms with van der Waals surface area (Å²) >= 11 is 6.54. The summed E-state index contributed by atoms with van der Waals surface area (Å²) < 4.78 is 27.0. The lowest BCUT2D eigenvalue weighted by Crippen LogP contribution is -2.19. The van der Waals surface area contributed by atoms with Crippen LogP contribution in [0.3, 0.4) is 0 Å². The van der Waals surface area contributed by atoms with Crippen molar-refractivity contribution in [3.05, 3.63) is 34.4 Å². The van der Waals surface area contributed by atoms with Crippen molar-refractivity contribution < 1.29 is 13.2 Å².